The van der Waals surface area contributed by atoms with Crippen LogP contribution in [0.25, 0.3) is 0 Å². The summed E-state index contributed by atoms with van der Waals surface area (Å²) in [5.41, 5.74) is -0.274. The van der Waals surface area contributed by atoms with Gasteiger partial charge in [-0.1, -0.05) is 0 Å². The molecule has 2 aliphatic rings. The quantitative estimate of drug-likeness (QED) is 0.108. The number of hydrogen-bond acceptors (Lipinski definition) is 20. The first-order chi connectivity index (χ1) is 28.5. The van der Waals surface area contributed by atoms with Gasteiger partial charge >= 0.3 is 47.8 Å². The molecule has 61 heavy (non-hydrogen) atoms. The van der Waals surface area contributed by atoms with Crippen molar-refractivity contribution in [3.63, 3.8) is 0 Å². The number of nitrogens with zero attached hydrogens (tertiary/aromatic N) is 2. The Morgan fingerprint density at radius 1 is 0.541 bits per heavy atom. The molecule has 0 fully saturated rings. The Kier molecular flexibility index (Phi) is 18.7. The topological polar surface area (TPSA) is 328 Å². The average molecular weight is 861 g/mol. The minimum atomic E-state index is -1.23. The Morgan fingerprint density at radius 3 is 1.23 bits per heavy atom. The summed E-state index contributed by atoms with van der Waals surface area (Å²) >= 11 is 0. The number of aliphatic carboxylic acids is 1. The van der Waals surface area contributed by atoms with Crippen molar-refractivity contribution in [2.45, 2.75) is 91.0 Å². The van der Waals surface area contributed by atoms with Gasteiger partial charge in [0.05, 0.1) is 9.85 Å². The van der Waals surface area contributed by atoms with Crippen LogP contribution in [0.3, 0.4) is 0 Å². The second-order valence-electron chi connectivity index (χ2n) is 12.6. The van der Waals surface area contributed by atoms with Gasteiger partial charge in [-0.2, -0.15) is 0 Å². The summed E-state index contributed by atoms with van der Waals surface area (Å²) in [6.45, 7) is 6.82. The molecule has 0 unspecified atom stereocenters. The Hall–Kier alpha value is -7.72. The lowest BCUT2D eigenvalue weighted by atomic mass is 9.91. The fourth-order valence-electron chi connectivity index (χ4n) is 5.40. The number of carboxylic acids is 1. The highest BCUT2D eigenvalue weighted by Gasteiger charge is 2.43. The molecule has 2 aliphatic carbocycles. The van der Waals surface area contributed by atoms with Crippen LogP contribution in [0.1, 0.15) is 54.4 Å². The molecule has 0 bridgehead atoms. The number of carbonyl (C=O) groups excluding carboxylic acids is 7. The lowest BCUT2D eigenvalue weighted by Crippen LogP contribution is -2.47. The molecule has 0 aromatic heterocycles. The second-order valence-corrected chi connectivity index (χ2v) is 12.6. The maximum atomic E-state index is 12.6. The lowest BCUT2D eigenvalue weighted by Gasteiger charge is -2.34. The minimum absolute atomic E-state index is 0.00857. The number of aromatic hydroxyl groups is 1. The summed E-state index contributed by atoms with van der Waals surface area (Å²) in [7, 11) is 0. The van der Waals surface area contributed by atoms with Crippen LogP contribution >= 0.6 is 0 Å². The number of nitro benzene ring substituents is 2. The van der Waals surface area contributed by atoms with Crippen molar-refractivity contribution in [3.8, 4) is 11.5 Å². The van der Waals surface area contributed by atoms with Crippen LogP contribution in [-0.2, 0) is 66.8 Å². The first kappa shape index (κ1) is 49.4. The SMILES string of the molecule is CC(=O)O[C@@H]1[C@H](OC(C)=O)C=C(C(=O)O)C[C@H]1OC(C)=O.CC(=O)O[C@@H]1[C@H](OC(C)=O)C=C(C(=O)Oc2ccc([N+](=O)[O-])cc2)C[C@H]1OC(C)=O.O=[N+]([O-])c1ccc(O)cc1. The molecule has 0 aliphatic heterocycles. The van der Waals surface area contributed by atoms with Crippen molar-refractivity contribution < 1.29 is 91.6 Å². The molecule has 0 heterocycles. The molecular formula is C38H40N2O21. The van der Waals surface area contributed by atoms with E-state index in [-0.39, 0.29) is 46.9 Å². The number of rotatable bonds is 11. The molecule has 2 N–H and O–H groups in total. The molecule has 0 radical (unpaired) electrons. The van der Waals surface area contributed by atoms with Crippen molar-refractivity contribution in [1.29, 1.82) is 0 Å². The fraction of sp³-hybridized carbons (Fsp3) is 0.368. The van der Waals surface area contributed by atoms with Crippen LogP contribution < -0.4 is 4.74 Å². The van der Waals surface area contributed by atoms with Gasteiger partial charge in [0, 0.05) is 89.8 Å². The van der Waals surface area contributed by atoms with Gasteiger partial charge in [-0.3, -0.25) is 49.0 Å². The Bertz CT molecular complexity index is 2060. The third kappa shape index (κ3) is 17.0. The summed E-state index contributed by atoms with van der Waals surface area (Å²) in [6, 6.07) is 9.86. The molecule has 23 heteroatoms. The van der Waals surface area contributed by atoms with Crippen molar-refractivity contribution in [1.82, 2.24) is 0 Å². The van der Waals surface area contributed by atoms with Gasteiger partial charge in [0.25, 0.3) is 11.4 Å². The molecule has 6 atom stereocenters. The number of phenolic OH excluding ortho intramolecular Hbond substituents is 1. The van der Waals surface area contributed by atoms with Gasteiger partial charge in [0.15, 0.2) is 24.4 Å². The molecule has 328 valence electrons. The number of phenols is 1. The third-order valence-corrected chi connectivity index (χ3v) is 7.65. The molecule has 4 rings (SSSR count). The van der Waals surface area contributed by atoms with Crippen LogP contribution in [-0.4, -0.2) is 104 Å². The number of ether oxygens (including phenoxy) is 7. The predicted octanol–water partition coefficient (Wildman–Crippen LogP) is 3.12. The predicted molar refractivity (Wildman–Crippen MR) is 200 cm³/mol. The number of carbonyl (C=O) groups is 8. The zero-order chi connectivity index (χ0) is 46.1. The highest BCUT2D eigenvalue weighted by atomic mass is 16.6. The van der Waals surface area contributed by atoms with E-state index in [1.54, 1.807) is 0 Å². The van der Waals surface area contributed by atoms with E-state index in [0.717, 1.165) is 53.7 Å². The summed E-state index contributed by atoms with van der Waals surface area (Å²) in [4.78, 5) is 111. The van der Waals surface area contributed by atoms with Crippen molar-refractivity contribution in [2.75, 3.05) is 0 Å². The van der Waals surface area contributed by atoms with Gasteiger partial charge in [-0.15, -0.1) is 0 Å². The summed E-state index contributed by atoms with van der Waals surface area (Å²) in [5.74, 6) is -6.10. The van der Waals surface area contributed by atoms with Gasteiger partial charge in [0.2, 0.25) is 0 Å². The zero-order valence-corrected chi connectivity index (χ0v) is 33.2. The zero-order valence-electron chi connectivity index (χ0n) is 33.2. The highest BCUT2D eigenvalue weighted by Crippen LogP contribution is 2.30. The highest BCUT2D eigenvalue weighted by molar-refractivity contribution is 5.91. The molecular weight excluding hydrogens is 820 g/mol. The number of hydrogen-bond donors (Lipinski definition) is 2. The standard InChI is InChI=1S/C19H19NO10.C13H16O8.C6H5NO3/c1-10(21)27-16-8-13(9-17(28-11(2)22)18(16)29-12(3)23)19(24)30-15-6-4-14(5-7-15)20(25)26;1-6(14)19-10-4-9(13(17)18)5-11(20-7(2)15)12(10)21-8(3)16;8-6-3-1-5(2-4-6)7(9)10/h4-8,16-18H,9H2,1-3H3;4,10-12H,5H2,1-3H3,(H,17,18);1-4,8H/t16-,17-,18-;10-,11-,12-;/m11./s1. The molecule has 0 saturated carbocycles. The van der Waals surface area contributed by atoms with Gasteiger partial charge in [-0.05, 0) is 36.4 Å². The van der Waals surface area contributed by atoms with E-state index in [0.29, 0.717) is 0 Å². The van der Waals surface area contributed by atoms with E-state index in [1.165, 1.54) is 48.6 Å². The molecule has 23 nitrogen and oxygen atoms in total. The van der Waals surface area contributed by atoms with Gasteiger partial charge in [-0.25, -0.2) is 9.59 Å². The van der Waals surface area contributed by atoms with E-state index in [9.17, 15) is 58.6 Å². The summed E-state index contributed by atoms with van der Waals surface area (Å²) < 4.78 is 35.6. The van der Waals surface area contributed by atoms with Crippen molar-refractivity contribution in [2.24, 2.45) is 0 Å². The molecule has 2 aromatic rings. The lowest BCUT2D eigenvalue weighted by molar-refractivity contribution is -0.385. The van der Waals surface area contributed by atoms with Crippen LogP contribution in [0.4, 0.5) is 11.4 Å². The number of esters is 7. The van der Waals surface area contributed by atoms with Crippen LogP contribution in [0, 0.1) is 20.2 Å². The van der Waals surface area contributed by atoms with Crippen LogP contribution in [0.5, 0.6) is 11.5 Å². The molecule has 0 spiro atoms. The van der Waals surface area contributed by atoms with E-state index >= 15 is 0 Å². The number of benzene rings is 2. The average Bonchev–Trinajstić information content (AvgIpc) is 3.13. The monoisotopic (exact) mass is 860 g/mol. The van der Waals surface area contributed by atoms with Crippen molar-refractivity contribution >= 4 is 59.1 Å². The third-order valence-electron chi connectivity index (χ3n) is 7.65. The smallest absolute Gasteiger partial charge is 0.339 e. The first-order valence-electron chi connectivity index (χ1n) is 17.5. The van der Waals surface area contributed by atoms with E-state index in [1.807, 2.05) is 0 Å². The fourth-order valence-corrected chi connectivity index (χ4v) is 5.40. The van der Waals surface area contributed by atoms with Crippen LogP contribution in [0.15, 0.2) is 71.8 Å². The molecule has 0 amide bonds. The van der Waals surface area contributed by atoms with E-state index < -0.39 is 94.2 Å². The Morgan fingerprint density at radius 2 is 0.885 bits per heavy atom. The maximum Gasteiger partial charge on any atom is 0.339 e. The largest absolute Gasteiger partial charge is 0.508 e. The van der Waals surface area contributed by atoms with Gasteiger partial charge in [0.1, 0.15) is 23.7 Å². The molecule has 2 aromatic carbocycles. The second kappa shape index (κ2) is 23.0. The number of non-ortho nitro benzene ring substituents is 2. The first-order valence-corrected chi connectivity index (χ1v) is 17.5. The number of carboxylic acid groups (broad SMARTS) is 1. The molecule has 0 saturated heterocycles. The summed E-state index contributed by atoms with van der Waals surface area (Å²) in [5, 5.41) is 38.5. The maximum absolute atomic E-state index is 12.6. The van der Waals surface area contributed by atoms with Crippen molar-refractivity contribution in [3.05, 3.63) is 92.1 Å². The van der Waals surface area contributed by atoms with Gasteiger partial charge < -0.3 is 43.4 Å². The number of nitro groups is 2. The van der Waals surface area contributed by atoms with Crippen LogP contribution in [0.2, 0.25) is 0 Å². The minimum Gasteiger partial charge on any atom is -0.508 e. The normalized spacial score (nSPS) is 20.0. The van der Waals surface area contributed by atoms with E-state index in [4.69, 9.17) is 43.4 Å². The summed E-state index contributed by atoms with van der Waals surface area (Å²) in [6.07, 6.45) is -4.57. The van der Waals surface area contributed by atoms with E-state index in [2.05, 4.69) is 0 Å². The Labute approximate surface area is 345 Å². The Balaban J connectivity index is 0.000000356.